The van der Waals surface area contributed by atoms with Crippen LogP contribution >= 0.6 is 0 Å². The molecule has 2 aromatic heterocycles. The summed E-state index contributed by atoms with van der Waals surface area (Å²) in [5.74, 6) is 0.733. The number of anilines is 2. The number of hydrogen-bond donors (Lipinski definition) is 2. The molecule has 4 nitrogen and oxygen atoms in total. The van der Waals surface area contributed by atoms with E-state index in [1.807, 2.05) is 25.1 Å². The number of rotatable bonds is 3. The summed E-state index contributed by atoms with van der Waals surface area (Å²) in [5, 5.41) is 3.21. The van der Waals surface area contributed by atoms with Crippen LogP contribution in [0.2, 0.25) is 0 Å². The Balaban J connectivity index is 2.08. The lowest BCUT2D eigenvalue weighted by molar-refractivity contribution is 1.10. The van der Waals surface area contributed by atoms with Gasteiger partial charge >= 0.3 is 0 Å². The maximum absolute atomic E-state index is 5.91. The van der Waals surface area contributed by atoms with Gasteiger partial charge in [0, 0.05) is 25.1 Å². The highest BCUT2D eigenvalue weighted by atomic mass is 15.0. The number of nitrogens with one attached hydrogen (secondary N) is 1. The molecule has 0 amide bonds. The van der Waals surface area contributed by atoms with E-state index < -0.39 is 0 Å². The Kier molecular flexibility index (Phi) is 3.00. The van der Waals surface area contributed by atoms with E-state index in [1.54, 1.807) is 18.6 Å². The second kappa shape index (κ2) is 4.61. The highest BCUT2D eigenvalue weighted by Crippen LogP contribution is 2.19. The first-order valence-electron chi connectivity index (χ1n) is 5.11. The highest BCUT2D eigenvalue weighted by molar-refractivity contribution is 5.64. The third kappa shape index (κ3) is 2.28. The van der Waals surface area contributed by atoms with Gasteiger partial charge in [0.05, 0.1) is 5.69 Å². The molecule has 0 aliphatic heterocycles. The van der Waals surface area contributed by atoms with E-state index in [4.69, 9.17) is 5.73 Å². The zero-order valence-corrected chi connectivity index (χ0v) is 9.14. The third-order valence-electron chi connectivity index (χ3n) is 2.42. The Morgan fingerprint density at radius 1 is 1.19 bits per heavy atom. The maximum Gasteiger partial charge on any atom is 0.149 e. The van der Waals surface area contributed by atoms with Gasteiger partial charge in [-0.05, 0) is 36.2 Å². The molecule has 0 bridgehead atoms. The second-order valence-electron chi connectivity index (χ2n) is 3.60. The summed E-state index contributed by atoms with van der Waals surface area (Å²) in [6.07, 6.45) is 5.29. The van der Waals surface area contributed by atoms with Crippen LogP contribution in [0.25, 0.3) is 0 Å². The average molecular weight is 214 g/mol. The Hall–Kier alpha value is -2.10. The molecule has 16 heavy (non-hydrogen) atoms. The van der Waals surface area contributed by atoms with Crippen LogP contribution in [0.5, 0.6) is 0 Å². The summed E-state index contributed by atoms with van der Waals surface area (Å²) in [6, 6.07) is 5.81. The average Bonchev–Trinajstić information content (AvgIpc) is 2.32. The predicted octanol–water partition coefficient (Wildman–Crippen LogP) is 1.98. The lowest BCUT2D eigenvalue weighted by Crippen LogP contribution is -2.05. The monoisotopic (exact) mass is 214 g/mol. The van der Waals surface area contributed by atoms with Gasteiger partial charge in [0.15, 0.2) is 0 Å². The summed E-state index contributed by atoms with van der Waals surface area (Å²) in [7, 11) is 0. The topological polar surface area (TPSA) is 63.8 Å². The summed E-state index contributed by atoms with van der Waals surface area (Å²) in [6.45, 7) is 2.66. The molecule has 0 spiro atoms. The van der Waals surface area contributed by atoms with Crippen molar-refractivity contribution in [1.29, 1.82) is 0 Å². The van der Waals surface area contributed by atoms with E-state index >= 15 is 0 Å². The van der Waals surface area contributed by atoms with E-state index in [0.717, 1.165) is 16.9 Å². The lowest BCUT2D eigenvalue weighted by atomic mass is 10.2. The van der Waals surface area contributed by atoms with Crippen molar-refractivity contribution in [3.05, 3.63) is 47.9 Å². The summed E-state index contributed by atoms with van der Waals surface area (Å²) < 4.78 is 0. The van der Waals surface area contributed by atoms with Crippen LogP contribution in [0.15, 0.2) is 36.8 Å². The summed E-state index contributed by atoms with van der Waals surface area (Å²) in [5.41, 5.74) is 8.80. The normalized spacial score (nSPS) is 10.1. The first-order chi connectivity index (χ1) is 7.77. The standard InChI is InChI=1S/C12H14N4/c1-9-2-7-15-12(11(9)13)16-8-10-3-5-14-6-4-10/h2-7H,8,13H2,1H3,(H,15,16). The molecule has 0 saturated heterocycles. The van der Waals surface area contributed by atoms with Crippen molar-refractivity contribution in [3.8, 4) is 0 Å². The Morgan fingerprint density at radius 3 is 2.69 bits per heavy atom. The molecule has 0 aliphatic rings. The molecular formula is C12H14N4. The fourth-order valence-electron chi connectivity index (χ4n) is 1.40. The molecule has 0 radical (unpaired) electrons. The van der Waals surface area contributed by atoms with Crippen LogP contribution in [0, 0.1) is 6.92 Å². The van der Waals surface area contributed by atoms with Crippen molar-refractivity contribution >= 4 is 11.5 Å². The number of aryl methyl sites for hydroxylation is 1. The molecule has 0 atom stereocenters. The van der Waals surface area contributed by atoms with Gasteiger partial charge in [-0.1, -0.05) is 0 Å². The van der Waals surface area contributed by atoms with Crippen molar-refractivity contribution in [3.63, 3.8) is 0 Å². The van der Waals surface area contributed by atoms with Crippen molar-refractivity contribution in [2.45, 2.75) is 13.5 Å². The number of pyridine rings is 2. The molecule has 0 fully saturated rings. The number of hydrogen-bond acceptors (Lipinski definition) is 4. The fourth-order valence-corrected chi connectivity index (χ4v) is 1.40. The molecule has 2 aromatic rings. The molecular weight excluding hydrogens is 200 g/mol. The van der Waals surface area contributed by atoms with Crippen molar-refractivity contribution < 1.29 is 0 Å². The number of nitrogens with two attached hydrogens (primary N) is 1. The summed E-state index contributed by atoms with van der Waals surface area (Å²) in [4.78, 5) is 8.17. The molecule has 3 N–H and O–H groups in total. The molecule has 0 aliphatic carbocycles. The highest BCUT2D eigenvalue weighted by Gasteiger charge is 2.02. The van der Waals surface area contributed by atoms with Gasteiger partial charge in [-0.15, -0.1) is 0 Å². The van der Waals surface area contributed by atoms with E-state index in [0.29, 0.717) is 12.2 Å². The predicted molar refractivity (Wildman–Crippen MR) is 65.0 cm³/mol. The minimum atomic E-state index is 0.698. The maximum atomic E-state index is 5.91. The van der Waals surface area contributed by atoms with Gasteiger partial charge in [0.2, 0.25) is 0 Å². The lowest BCUT2D eigenvalue weighted by Gasteiger charge is -2.09. The van der Waals surface area contributed by atoms with Crippen LogP contribution in [-0.2, 0) is 6.54 Å². The van der Waals surface area contributed by atoms with Gasteiger partial charge in [0.25, 0.3) is 0 Å². The van der Waals surface area contributed by atoms with E-state index in [2.05, 4.69) is 15.3 Å². The van der Waals surface area contributed by atoms with E-state index in [-0.39, 0.29) is 0 Å². The van der Waals surface area contributed by atoms with Gasteiger partial charge in [-0.2, -0.15) is 0 Å². The Bertz CT molecular complexity index is 468. The zero-order chi connectivity index (χ0) is 11.4. The van der Waals surface area contributed by atoms with Crippen LogP contribution in [-0.4, -0.2) is 9.97 Å². The number of aromatic nitrogens is 2. The Labute approximate surface area is 94.5 Å². The molecule has 0 saturated carbocycles. The number of nitrogens with zero attached hydrogens (tertiary/aromatic N) is 2. The molecule has 0 unspecified atom stereocenters. The second-order valence-corrected chi connectivity index (χ2v) is 3.60. The van der Waals surface area contributed by atoms with Crippen LogP contribution in [0.4, 0.5) is 11.5 Å². The quantitative estimate of drug-likeness (QED) is 0.820. The van der Waals surface area contributed by atoms with Gasteiger partial charge < -0.3 is 11.1 Å². The minimum Gasteiger partial charge on any atom is -0.396 e. The number of nitrogen functional groups attached to an aromatic ring is 1. The molecule has 2 rings (SSSR count). The van der Waals surface area contributed by atoms with Crippen molar-refractivity contribution in [2.24, 2.45) is 0 Å². The van der Waals surface area contributed by atoms with Crippen LogP contribution in [0.3, 0.4) is 0 Å². The van der Waals surface area contributed by atoms with Crippen molar-refractivity contribution in [2.75, 3.05) is 11.1 Å². The van der Waals surface area contributed by atoms with Gasteiger partial charge in [-0.25, -0.2) is 4.98 Å². The van der Waals surface area contributed by atoms with Crippen molar-refractivity contribution in [1.82, 2.24) is 9.97 Å². The van der Waals surface area contributed by atoms with Gasteiger partial charge in [0.1, 0.15) is 5.82 Å². The fraction of sp³-hybridized carbons (Fsp3) is 0.167. The van der Waals surface area contributed by atoms with Gasteiger partial charge in [-0.3, -0.25) is 4.98 Å². The molecule has 4 heteroatoms. The molecule has 82 valence electrons. The zero-order valence-electron chi connectivity index (χ0n) is 9.14. The van der Waals surface area contributed by atoms with E-state index in [9.17, 15) is 0 Å². The largest absolute Gasteiger partial charge is 0.396 e. The Morgan fingerprint density at radius 2 is 1.94 bits per heavy atom. The SMILES string of the molecule is Cc1ccnc(NCc2ccncc2)c1N. The molecule has 0 aromatic carbocycles. The molecule has 2 heterocycles. The van der Waals surface area contributed by atoms with E-state index in [1.165, 1.54) is 0 Å². The van der Waals surface area contributed by atoms with Crippen LogP contribution < -0.4 is 11.1 Å². The first-order valence-corrected chi connectivity index (χ1v) is 5.11. The third-order valence-corrected chi connectivity index (χ3v) is 2.42. The van der Waals surface area contributed by atoms with Crippen LogP contribution in [0.1, 0.15) is 11.1 Å². The first kappa shape index (κ1) is 10.4. The minimum absolute atomic E-state index is 0.698. The smallest absolute Gasteiger partial charge is 0.149 e. The summed E-state index contributed by atoms with van der Waals surface area (Å²) >= 11 is 0.